The van der Waals surface area contributed by atoms with E-state index < -0.39 is 23.1 Å². The predicted octanol–water partition coefficient (Wildman–Crippen LogP) is 4.16. The molecule has 0 aliphatic carbocycles. The fourth-order valence-electron chi connectivity index (χ4n) is 4.71. The van der Waals surface area contributed by atoms with Crippen molar-refractivity contribution in [2.45, 2.75) is 0 Å². The van der Waals surface area contributed by atoms with E-state index in [9.17, 15) is 19.2 Å². The number of nitrogens with one attached hydrogen (secondary N) is 1. The van der Waals surface area contributed by atoms with Gasteiger partial charge in [0.25, 0.3) is 11.1 Å². The Balaban J connectivity index is 1.49. The Hall–Kier alpha value is -5.37. The Bertz CT molecular complexity index is 1750. The molecule has 0 bridgehead atoms. The summed E-state index contributed by atoms with van der Waals surface area (Å²) in [6.45, 7) is -0.367. The summed E-state index contributed by atoms with van der Waals surface area (Å²) < 4.78 is 44.5. The Kier molecular flexibility index (Phi) is 7.19. The molecule has 3 aromatic carbocycles. The zero-order valence-electron chi connectivity index (χ0n) is 22.8. The normalized spacial score (nSPS) is 15.4. The summed E-state index contributed by atoms with van der Waals surface area (Å²) in [7, 11) is 4.01. The quantitative estimate of drug-likeness (QED) is 0.232. The van der Waals surface area contributed by atoms with Crippen molar-refractivity contribution in [1.29, 1.82) is 0 Å². The van der Waals surface area contributed by atoms with Gasteiger partial charge in [0.1, 0.15) is 5.75 Å². The van der Waals surface area contributed by atoms with Crippen LogP contribution in [0.3, 0.4) is 0 Å². The van der Waals surface area contributed by atoms with Gasteiger partial charge in [0, 0.05) is 11.1 Å². The molecule has 3 heterocycles. The number of amides is 2. The zero-order chi connectivity index (χ0) is 30.2. The van der Waals surface area contributed by atoms with E-state index in [4.69, 9.17) is 37.9 Å². The van der Waals surface area contributed by atoms with Crippen LogP contribution >= 0.6 is 11.8 Å². The Morgan fingerprint density at radius 3 is 1.93 bits per heavy atom. The molecule has 0 radical (unpaired) electrons. The third kappa shape index (κ3) is 4.91. The highest BCUT2D eigenvalue weighted by molar-refractivity contribution is 8.18. The number of esters is 2. The van der Waals surface area contributed by atoms with E-state index in [1.54, 1.807) is 18.2 Å². The maximum absolute atomic E-state index is 13.9. The number of ether oxygens (including phenoxy) is 8. The lowest BCUT2D eigenvalue weighted by atomic mass is 9.91. The van der Waals surface area contributed by atoms with Crippen LogP contribution in [0.5, 0.6) is 40.2 Å². The summed E-state index contributed by atoms with van der Waals surface area (Å²) in [4.78, 5) is 50.6. The molecule has 1 N–H and O–H groups in total. The molecule has 43 heavy (non-hydrogen) atoms. The van der Waals surface area contributed by atoms with Crippen LogP contribution in [0.2, 0.25) is 0 Å². The van der Waals surface area contributed by atoms with Crippen LogP contribution in [0.15, 0.2) is 41.3 Å². The van der Waals surface area contributed by atoms with Gasteiger partial charge < -0.3 is 37.9 Å². The monoisotopic (exact) mass is 607 g/mol. The maximum atomic E-state index is 13.9. The summed E-state index contributed by atoms with van der Waals surface area (Å²) in [5, 5.41) is 1.71. The molecule has 3 aromatic rings. The van der Waals surface area contributed by atoms with Gasteiger partial charge in [0.2, 0.25) is 25.1 Å². The fourth-order valence-corrected chi connectivity index (χ4v) is 5.39. The lowest BCUT2D eigenvalue weighted by Crippen LogP contribution is -2.17. The molecular weight excluding hydrogens is 586 g/mol. The first kappa shape index (κ1) is 27.8. The second kappa shape index (κ2) is 11.1. The van der Waals surface area contributed by atoms with Crippen LogP contribution in [0, 0.1) is 0 Å². The Morgan fingerprint density at radius 1 is 0.814 bits per heavy atom. The number of carbonyl (C=O) groups is 4. The summed E-state index contributed by atoms with van der Waals surface area (Å²) in [5.41, 5.74) is 0.681. The van der Waals surface area contributed by atoms with Gasteiger partial charge in [0.05, 0.1) is 37.4 Å². The first-order valence-corrected chi connectivity index (χ1v) is 13.3. The third-order valence-corrected chi connectivity index (χ3v) is 7.35. The van der Waals surface area contributed by atoms with Gasteiger partial charge in [-0.25, -0.2) is 9.59 Å². The van der Waals surface area contributed by atoms with E-state index in [0.29, 0.717) is 5.56 Å². The molecule has 0 spiro atoms. The first-order valence-electron chi connectivity index (χ1n) is 12.5. The zero-order valence-corrected chi connectivity index (χ0v) is 23.6. The lowest BCUT2D eigenvalue weighted by molar-refractivity contribution is -0.115. The van der Waals surface area contributed by atoms with Crippen molar-refractivity contribution in [3.05, 3.63) is 58.0 Å². The molecule has 0 aromatic heterocycles. The van der Waals surface area contributed by atoms with Gasteiger partial charge in [0.15, 0.2) is 23.0 Å². The number of fused-ring (bicyclic) bond motifs is 2. The molecule has 1 fully saturated rings. The topological polar surface area (TPSA) is 154 Å². The van der Waals surface area contributed by atoms with E-state index in [2.05, 4.69) is 5.32 Å². The highest BCUT2D eigenvalue weighted by Gasteiger charge is 2.38. The van der Waals surface area contributed by atoms with Crippen molar-refractivity contribution in [3.8, 4) is 51.4 Å². The number of imide groups is 1. The number of benzene rings is 3. The molecule has 3 aliphatic rings. The fraction of sp³-hybridized carbons (Fsp3) is 0.172. The van der Waals surface area contributed by atoms with Crippen molar-refractivity contribution in [2.75, 3.05) is 34.9 Å². The second-order valence-electron chi connectivity index (χ2n) is 8.94. The van der Waals surface area contributed by atoms with Crippen LogP contribution in [0.4, 0.5) is 4.79 Å². The van der Waals surface area contributed by atoms with Crippen LogP contribution in [0.25, 0.3) is 17.2 Å². The smallest absolute Gasteiger partial charge is 0.344 e. The number of hydrogen-bond acceptors (Lipinski definition) is 13. The minimum absolute atomic E-state index is 0.00368. The summed E-state index contributed by atoms with van der Waals surface area (Å²) in [6, 6.07) is 9.17. The second-order valence-corrected chi connectivity index (χ2v) is 9.95. The van der Waals surface area contributed by atoms with Crippen molar-refractivity contribution in [2.24, 2.45) is 0 Å². The van der Waals surface area contributed by atoms with Gasteiger partial charge in [-0.3, -0.25) is 14.9 Å². The third-order valence-electron chi connectivity index (χ3n) is 6.54. The molecule has 0 atom stereocenters. The average molecular weight is 608 g/mol. The molecule has 14 heteroatoms. The molecule has 13 nitrogen and oxygen atoms in total. The highest BCUT2D eigenvalue weighted by atomic mass is 32.2. The van der Waals surface area contributed by atoms with Crippen molar-refractivity contribution < 1.29 is 57.1 Å². The Labute approximate surface area is 247 Å². The molecule has 2 amide bonds. The lowest BCUT2D eigenvalue weighted by Gasteiger charge is -2.19. The number of hydrogen-bond donors (Lipinski definition) is 1. The van der Waals surface area contributed by atoms with Crippen LogP contribution in [0.1, 0.15) is 26.3 Å². The van der Waals surface area contributed by atoms with Gasteiger partial charge in [-0.1, -0.05) is 12.1 Å². The average Bonchev–Trinajstić information content (AvgIpc) is 3.76. The SMILES string of the molecule is COC(=O)c1cc(OC)c2c(c1-c1c(C(=O)Oc3cccc(/C=C4/SC(=O)NC4=O)c3)cc(OC)c3c1OCO3)OCO2. The van der Waals surface area contributed by atoms with E-state index in [0.717, 1.165) is 11.8 Å². The number of carbonyl (C=O) groups excluding carboxylic acids is 4. The predicted molar refractivity (Wildman–Crippen MR) is 149 cm³/mol. The van der Waals surface area contributed by atoms with E-state index in [1.165, 1.54) is 45.6 Å². The molecule has 0 unspecified atom stereocenters. The van der Waals surface area contributed by atoms with E-state index in [1.807, 2.05) is 0 Å². The number of rotatable bonds is 7. The highest BCUT2D eigenvalue weighted by Crippen LogP contribution is 2.56. The van der Waals surface area contributed by atoms with Gasteiger partial charge in [-0.2, -0.15) is 0 Å². The minimum atomic E-state index is -0.848. The van der Waals surface area contributed by atoms with Crippen LogP contribution < -0.4 is 38.5 Å². The van der Waals surface area contributed by atoms with E-state index >= 15 is 0 Å². The van der Waals surface area contributed by atoms with Gasteiger partial charge in [-0.05, 0) is 47.7 Å². The molecule has 1 saturated heterocycles. The summed E-state index contributed by atoms with van der Waals surface area (Å²) in [6.07, 6.45) is 1.50. The van der Waals surface area contributed by atoms with Crippen molar-refractivity contribution in [1.82, 2.24) is 5.32 Å². The van der Waals surface area contributed by atoms with Gasteiger partial charge >= 0.3 is 11.9 Å². The summed E-state index contributed by atoms with van der Waals surface area (Å²) >= 11 is 0.763. The molecular formula is C29H21NO12S. The summed E-state index contributed by atoms with van der Waals surface area (Å²) in [5.74, 6) is -0.967. The molecule has 220 valence electrons. The van der Waals surface area contributed by atoms with Gasteiger partial charge in [-0.15, -0.1) is 0 Å². The first-order chi connectivity index (χ1) is 20.8. The largest absolute Gasteiger partial charge is 0.493 e. The number of thioether (sulfide) groups is 1. The van der Waals surface area contributed by atoms with Crippen molar-refractivity contribution in [3.63, 3.8) is 0 Å². The molecule has 0 saturated carbocycles. The van der Waals surface area contributed by atoms with Crippen molar-refractivity contribution >= 4 is 40.9 Å². The maximum Gasteiger partial charge on any atom is 0.344 e. The number of methoxy groups -OCH3 is 3. The molecule has 3 aliphatic heterocycles. The standard InChI is InChI=1S/C29H21NO12S/c1-35-17-9-15(27(32)37-3)20(24-22(17)38-11-40-24)21-16(10-18(36-2)23-25(21)41-12-39-23)28(33)42-14-6-4-5-13(7-14)8-19-26(31)30-29(34)43-19/h4-10H,11-12H2,1-3H3,(H,30,31,34)/b19-8+. The van der Waals surface area contributed by atoms with E-state index in [-0.39, 0.29) is 81.0 Å². The van der Waals surface area contributed by atoms with Crippen LogP contribution in [-0.4, -0.2) is 58.0 Å². The molecule has 6 rings (SSSR count). The minimum Gasteiger partial charge on any atom is -0.493 e. The Morgan fingerprint density at radius 2 is 1.40 bits per heavy atom. The van der Waals surface area contributed by atoms with Crippen LogP contribution in [-0.2, 0) is 9.53 Å².